The standard InChI is InChI=1S/C23H30N2O5S/c1-6-14-30-20-12-10-17(15-21(20)29-5)11-13-22(26)24-18-8-7-9-19(16-18)31(27,28)25-23(2,3)4/h7-13,15-16,25H,6,14H2,1-5H3,(H,24,26)/b13-11+. The number of ether oxygens (including phenoxy) is 2. The van der Waals surface area contributed by atoms with Crippen molar-refractivity contribution in [1.82, 2.24) is 4.72 Å². The van der Waals surface area contributed by atoms with Crippen LogP contribution in [0.2, 0.25) is 0 Å². The normalized spacial score (nSPS) is 12.0. The van der Waals surface area contributed by atoms with Crippen molar-refractivity contribution in [3.63, 3.8) is 0 Å². The maximum absolute atomic E-state index is 12.5. The zero-order chi connectivity index (χ0) is 23.1. The summed E-state index contributed by atoms with van der Waals surface area (Å²) in [5, 5.41) is 2.68. The molecule has 7 nitrogen and oxygen atoms in total. The van der Waals surface area contributed by atoms with E-state index in [4.69, 9.17) is 9.47 Å². The number of nitrogens with one attached hydrogen (secondary N) is 2. The summed E-state index contributed by atoms with van der Waals surface area (Å²) >= 11 is 0. The van der Waals surface area contributed by atoms with Gasteiger partial charge in [0, 0.05) is 17.3 Å². The minimum absolute atomic E-state index is 0.0802. The molecule has 2 aromatic carbocycles. The Hall–Kier alpha value is -2.84. The van der Waals surface area contributed by atoms with Crippen LogP contribution in [0.3, 0.4) is 0 Å². The quantitative estimate of drug-likeness (QED) is 0.563. The Labute approximate surface area is 184 Å². The number of benzene rings is 2. The maximum atomic E-state index is 12.5. The average molecular weight is 447 g/mol. The van der Waals surface area contributed by atoms with Crippen LogP contribution in [0.4, 0.5) is 5.69 Å². The fourth-order valence-corrected chi connectivity index (χ4v) is 4.14. The monoisotopic (exact) mass is 446 g/mol. The number of sulfonamides is 1. The van der Waals surface area contributed by atoms with Crippen molar-refractivity contribution in [3.05, 3.63) is 54.1 Å². The lowest BCUT2D eigenvalue weighted by atomic mass is 10.1. The first-order valence-electron chi connectivity index (χ1n) is 9.98. The van der Waals surface area contributed by atoms with E-state index >= 15 is 0 Å². The fraction of sp³-hybridized carbons (Fsp3) is 0.348. The van der Waals surface area contributed by atoms with Gasteiger partial charge in [0.2, 0.25) is 15.9 Å². The van der Waals surface area contributed by atoms with Crippen LogP contribution < -0.4 is 19.5 Å². The zero-order valence-electron chi connectivity index (χ0n) is 18.6. The van der Waals surface area contributed by atoms with Gasteiger partial charge >= 0.3 is 0 Å². The van der Waals surface area contributed by atoms with Gasteiger partial charge in [-0.05, 0) is 69.2 Å². The number of anilines is 1. The van der Waals surface area contributed by atoms with Gasteiger partial charge in [0.1, 0.15) is 0 Å². The fourth-order valence-electron chi connectivity index (χ4n) is 2.68. The summed E-state index contributed by atoms with van der Waals surface area (Å²) < 4.78 is 38.5. The largest absolute Gasteiger partial charge is 0.493 e. The van der Waals surface area contributed by atoms with Crippen LogP contribution in [0.1, 0.15) is 39.7 Å². The molecule has 0 atom stereocenters. The van der Waals surface area contributed by atoms with Gasteiger partial charge in [0.15, 0.2) is 11.5 Å². The SMILES string of the molecule is CCCOc1ccc(/C=C/C(=O)Nc2cccc(S(=O)(=O)NC(C)(C)C)c2)cc1OC. The summed E-state index contributed by atoms with van der Waals surface area (Å²) in [7, 11) is -2.14. The Morgan fingerprint density at radius 1 is 1.10 bits per heavy atom. The van der Waals surface area contributed by atoms with Crippen molar-refractivity contribution in [2.45, 2.75) is 44.6 Å². The highest BCUT2D eigenvalue weighted by Crippen LogP contribution is 2.28. The van der Waals surface area contributed by atoms with E-state index in [1.807, 2.05) is 13.0 Å². The number of methoxy groups -OCH3 is 1. The second-order valence-electron chi connectivity index (χ2n) is 7.96. The molecule has 2 aromatic rings. The molecule has 168 valence electrons. The van der Waals surface area contributed by atoms with Gasteiger partial charge in [-0.1, -0.05) is 19.1 Å². The van der Waals surface area contributed by atoms with Gasteiger partial charge in [-0.25, -0.2) is 13.1 Å². The van der Waals surface area contributed by atoms with Gasteiger partial charge < -0.3 is 14.8 Å². The third kappa shape index (κ3) is 7.73. The van der Waals surface area contributed by atoms with Crippen LogP contribution in [0.5, 0.6) is 11.5 Å². The number of carbonyl (C=O) groups is 1. The Morgan fingerprint density at radius 2 is 1.84 bits per heavy atom. The van der Waals surface area contributed by atoms with E-state index in [1.165, 1.54) is 18.2 Å². The van der Waals surface area contributed by atoms with E-state index in [0.29, 0.717) is 23.8 Å². The van der Waals surface area contributed by atoms with Gasteiger partial charge in [0.25, 0.3) is 0 Å². The molecule has 0 unspecified atom stereocenters. The van der Waals surface area contributed by atoms with Crippen molar-refractivity contribution in [1.29, 1.82) is 0 Å². The van der Waals surface area contributed by atoms with Crippen LogP contribution in [0, 0.1) is 0 Å². The third-order valence-corrected chi connectivity index (χ3v) is 5.68. The van der Waals surface area contributed by atoms with E-state index in [-0.39, 0.29) is 10.8 Å². The molecule has 0 fully saturated rings. The number of amides is 1. The van der Waals surface area contributed by atoms with Gasteiger partial charge in [-0.2, -0.15) is 0 Å². The highest BCUT2D eigenvalue weighted by Gasteiger charge is 2.22. The summed E-state index contributed by atoms with van der Waals surface area (Å²) in [6.07, 6.45) is 3.90. The van der Waals surface area contributed by atoms with Gasteiger partial charge in [-0.3, -0.25) is 4.79 Å². The van der Waals surface area contributed by atoms with E-state index in [9.17, 15) is 13.2 Å². The van der Waals surface area contributed by atoms with E-state index in [1.54, 1.807) is 58.2 Å². The van der Waals surface area contributed by atoms with Crippen LogP contribution in [-0.2, 0) is 14.8 Å². The average Bonchev–Trinajstić information content (AvgIpc) is 2.69. The molecule has 2 N–H and O–H groups in total. The van der Waals surface area contributed by atoms with Crippen molar-refractivity contribution < 1.29 is 22.7 Å². The summed E-state index contributed by atoms with van der Waals surface area (Å²) in [5.41, 5.74) is 0.535. The number of hydrogen-bond donors (Lipinski definition) is 2. The summed E-state index contributed by atoms with van der Waals surface area (Å²) in [6.45, 7) is 7.90. The summed E-state index contributed by atoms with van der Waals surface area (Å²) in [6, 6.07) is 11.5. The van der Waals surface area contributed by atoms with Crippen LogP contribution in [0.15, 0.2) is 53.4 Å². The highest BCUT2D eigenvalue weighted by atomic mass is 32.2. The van der Waals surface area contributed by atoms with Crippen LogP contribution in [-0.4, -0.2) is 33.6 Å². The molecule has 0 spiro atoms. The zero-order valence-corrected chi connectivity index (χ0v) is 19.4. The molecule has 0 aromatic heterocycles. The lowest BCUT2D eigenvalue weighted by molar-refractivity contribution is -0.111. The van der Waals surface area contributed by atoms with Crippen molar-refractivity contribution in [2.75, 3.05) is 19.0 Å². The first-order valence-corrected chi connectivity index (χ1v) is 11.5. The van der Waals surface area contributed by atoms with Gasteiger partial charge in [0.05, 0.1) is 18.6 Å². The van der Waals surface area contributed by atoms with Crippen molar-refractivity contribution in [3.8, 4) is 11.5 Å². The molecule has 0 saturated heterocycles. The molecular weight excluding hydrogens is 416 g/mol. The lowest BCUT2D eigenvalue weighted by Gasteiger charge is -2.20. The smallest absolute Gasteiger partial charge is 0.248 e. The van der Waals surface area contributed by atoms with E-state index in [0.717, 1.165) is 12.0 Å². The molecular formula is C23H30N2O5S. The molecule has 1 amide bonds. The summed E-state index contributed by atoms with van der Waals surface area (Å²) in [4.78, 5) is 12.4. The molecule has 0 aliphatic heterocycles. The maximum Gasteiger partial charge on any atom is 0.248 e. The molecule has 31 heavy (non-hydrogen) atoms. The highest BCUT2D eigenvalue weighted by molar-refractivity contribution is 7.89. The first kappa shape index (κ1) is 24.4. The van der Waals surface area contributed by atoms with Crippen LogP contribution >= 0.6 is 0 Å². The van der Waals surface area contributed by atoms with Crippen molar-refractivity contribution in [2.24, 2.45) is 0 Å². The Kier molecular flexibility index (Phi) is 8.24. The first-order chi connectivity index (χ1) is 14.5. The lowest BCUT2D eigenvalue weighted by Crippen LogP contribution is -2.40. The molecule has 0 radical (unpaired) electrons. The predicted octanol–water partition coefficient (Wildman–Crippen LogP) is 4.21. The molecule has 0 aliphatic carbocycles. The minimum Gasteiger partial charge on any atom is -0.493 e. The molecule has 0 aliphatic rings. The van der Waals surface area contributed by atoms with Crippen molar-refractivity contribution >= 4 is 27.7 Å². The second-order valence-corrected chi connectivity index (χ2v) is 9.65. The van der Waals surface area contributed by atoms with E-state index < -0.39 is 15.6 Å². The third-order valence-electron chi connectivity index (χ3n) is 3.93. The van der Waals surface area contributed by atoms with Gasteiger partial charge in [-0.15, -0.1) is 0 Å². The Balaban J connectivity index is 2.10. The Bertz CT molecular complexity index is 1040. The molecule has 0 bridgehead atoms. The Morgan fingerprint density at radius 3 is 2.48 bits per heavy atom. The molecule has 2 rings (SSSR count). The number of carbonyl (C=O) groups excluding carboxylic acids is 1. The molecule has 0 saturated carbocycles. The predicted molar refractivity (Wildman–Crippen MR) is 123 cm³/mol. The minimum atomic E-state index is -3.70. The topological polar surface area (TPSA) is 93.7 Å². The summed E-state index contributed by atoms with van der Waals surface area (Å²) in [5.74, 6) is 0.844. The number of rotatable bonds is 9. The van der Waals surface area contributed by atoms with E-state index in [2.05, 4.69) is 10.0 Å². The second kappa shape index (κ2) is 10.5. The number of hydrogen-bond acceptors (Lipinski definition) is 5. The molecule has 8 heteroatoms. The van der Waals surface area contributed by atoms with Crippen LogP contribution in [0.25, 0.3) is 6.08 Å². The molecule has 0 heterocycles.